The van der Waals surface area contributed by atoms with E-state index in [9.17, 15) is 13.2 Å². The Bertz CT molecular complexity index is 765. The largest absolute Gasteiger partial charge is 0.573 e. The van der Waals surface area contributed by atoms with Crippen LogP contribution in [0.2, 0.25) is 0 Å². The zero-order valence-electron chi connectivity index (χ0n) is 10.4. The number of nitrogens with zero attached hydrogens (tertiary/aromatic N) is 1. The minimum atomic E-state index is -4.69. The van der Waals surface area contributed by atoms with Crippen LogP contribution in [0.25, 0.3) is 22.4 Å². The monoisotopic (exact) mass is 404 g/mol. The summed E-state index contributed by atoms with van der Waals surface area (Å²) in [6.45, 7) is 0. The number of ether oxygens (including phenoxy) is 1. The van der Waals surface area contributed by atoms with Crippen molar-refractivity contribution >= 4 is 33.6 Å². The van der Waals surface area contributed by atoms with Gasteiger partial charge in [-0.2, -0.15) is 0 Å². The molecule has 0 radical (unpaired) electrons. The topological polar surface area (TPSA) is 37.9 Å². The van der Waals surface area contributed by atoms with Gasteiger partial charge in [-0.25, -0.2) is 4.98 Å². The van der Waals surface area contributed by atoms with E-state index in [0.717, 1.165) is 11.0 Å². The van der Waals surface area contributed by atoms with Gasteiger partial charge in [0.25, 0.3) is 0 Å². The molecule has 108 valence electrons. The number of aromatic amines is 1. The summed E-state index contributed by atoms with van der Waals surface area (Å²) in [7, 11) is 0. The first kappa shape index (κ1) is 14.2. The van der Waals surface area contributed by atoms with Crippen molar-refractivity contribution in [2.45, 2.75) is 6.36 Å². The molecule has 21 heavy (non-hydrogen) atoms. The van der Waals surface area contributed by atoms with Gasteiger partial charge in [-0.1, -0.05) is 12.1 Å². The number of hydrogen-bond acceptors (Lipinski definition) is 2. The van der Waals surface area contributed by atoms with Crippen LogP contribution in [-0.2, 0) is 0 Å². The smallest absolute Gasteiger partial charge is 0.405 e. The number of fused-ring (bicyclic) bond motifs is 1. The number of H-pyrrole nitrogens is 1. The summed E-state index contributed by atoms with van der Waals surface area (Å²) >= 11 is 1.80. The van der Waals surface area contributed by atoms with Gasteiger partial charge < -0.3 is 9.72 Å². The normalized spacial score (nSPS) is 11.8. The van der Waals surface area contributed by atoms with E-state index in [1.54, 1.807) is 34.7 Å². The molecular weight excluding hydrogens is 396 g/mol. The number of halogens is 4. The van der Waals surface area contributed by atoms with Crippen molar-refractivity contribution in [2.75, 3.05) is 0 Å². The first-order chi connectivity index (χ1) is 9.92. The van der Waals surface area contributed by atoms with Gasteiger partial charge in [-0.05, 0) is 52.9 Å². The third-order valence-corrected chi connectivity index (χ3v) is 3.66. The maximum absolute atomic E-state index is 12.2. The number of para-hydroxylation sites is 2. The average molecular weight is 404 g/mol. The van der Waals surface area contributed by atoms with Gasteiger partial charge in [0, 0.05) is 5.56 Å². The second-order valence-electron chi connectivity index (χ2n) is 4.30. The third-order valence-electron chi connectivity index (χ3n) is 2.82. The second-order valence-corrected chi connectivity index (χ2v) is 5.46. The number of alkyl halides is 3. The average Bonchev–Trinajstić information content (AvgIpc) is 2.83. The van der Waals surface area contributed by atoms with E-state index in [-0.39, 0.29) is 5.75 Å². The van der Waals surface area contributed by atoms with Crippen molar-refractivity contribution in [3.8, 4) is 17.1 Å². The lowest BCUT2D eigenvalue weighted by molar-refractivity contribution is -0.274. The predicted octanol–water partition coefficient (Wildman–Crippen LogP) is 4.73. The molecule has 0 bridgehead atoms. The lowest BCUT2D eigenvalue weighted by Gasteiger charge is -2.10. The van der Waals surface area contributed by atoms with Crippen LogP contribution in [0.5, 0.6) is 5.75 Å². The summed E-state index contributed by atoms with van der Waals surface area (Å²) < 4.78 is 41.0. The summed E-state index contributed by atoms with van der Waals surface area (Å²) in [5.74, 6) is 0.385. The Hall–Kier alpha value is -1.77. The standard InChI is InChI=1S/C14H8F3IN2O/c15-14(16,17)21-12-6-5-8(7-9(12)18)13-19-10-3-1-2-4-11(10)20-13/h1-7H,(H,19,20). The van der Waals surface area contributed by atoms with E-state index in [1.807, 2.05) is 24.3 Å². The zero-order chi connectivity index (χ0) is 15.0. The van der Waals surface area contributed by atoms with Gasteiger partial charge in [0.1, 0.15) is 11.6 Å². The Balaban J connectivity index is 1.98. The molecule has 0 fully saturated rings. The molecule has 7 heteroatoms. The van der Waals surface area contributed by atoms with E-state index >= 15 is 0 Å². The molecule has 0 amide bonds. The molecule has 3 nitrogen and oxygen atoms in total. The lowest BCUT2D eigenvalue weighted by Crippen LogP contribution is -2.17. The van der Waals surface area contributed by atoms with Gasteiger partial charge in [-0.3, -0.25) is 0 Å². The maximum atomic E-state index is 12.2. The molecule has 3 aromatic rings. The van der Waals surface area contributed by atoms with Crippen LogP contribution in [-0.4, -0.2) is 16.3 Å². The molecule has 0 unspecified atom stereocenters. The summed E-state index contributed by atoms with van der Waals surface area (Å²) in [6.07, 6.45) is -4.69. The molecule has 0 saturated carbocycles. The Morgan fingerprint density at radius 2 is 1.86 bits per heavy atom. The highest BCUT2D eigenvalue weighted by Gasteiger charge is 2.32. The minimum Gasteiger partial charge on any atom is -0.405 e. The number of rotatable bonds is 2. The highest BCUT2D eigenvalue weighted by atomic mass is 127. The molecular formula is C14H8F3IN2O. The molecule has 0 atom stereocenters. The quantitative estimate of drug-likeness (QED) is 0.628. The van der Waals surface area contributed by atoms with Crippen molar-refractivity contribution in [3.05, 3.63) is 46.0 Å². The molecule has 1 N–H and O–H groups in total. The molecule has 3 rings (SSSR count). The number of hydrogen-bond donors (Lipinski definition) is 1. The van der Waals surface area contributed by atoms with Crippen LogP contribution in [0.3, 0.4) is 0 Å². The van der Waals surface area contributed by atoms with Crippen LogP contribution in [0, 0.1) is 3.57 Å². The molecule has 2 aromatic carbocycles. The fourth-order valence-corrected chi connectivity index (χ4v) is 2.57. The molecule has 1 heterocycles. The molecule has 0 aliphatic carbocycles. The minimum absolute atomic E-state index is 0.219. The number of imidazole rings is 1. The summed E-state index contributed by atoms with van der Waals surface area (Å²) in [5, 5.41) is 0. The second kappa shape index (κ2) is 5.21. The highest BCUT2D eigenvalue weighted by molar-refractivity contribution is 14.1. The van der Waals surface area contributed by atoms with E-state index < -0.39 is 6.36 Å². The van der Waals surface area contributed by atoms with E-state index in [2.05, 4.69) is 14.7 Å². The van der Waals surface area contributed by atoms with E-state index in [4.69, 9.17) is 0 Å². The maximum Gasteiger partial charge on any atom is 0.573 e. The Morgan fingerprint density at radius 3 is 2.52 bits per heavy atom. The van der Waals surface area contributed by atoms with Crippen LogP contribution in [0.15, 0.2) is 42.5 Å². The van der Waals surface area contributed by atoms with Gasteiger partial charge in [0.15, 0.2) is 0 Å². The lowest BCUT2D eigenvalue weighted by atomic mass is 10.2. The van der Waals surface area contributed by atoms with Gasteiger partial charge in [0.2, 0.25) is 0 Å². The zero-order valence-corrected chi connectivity index (χ0v) is 12.6. The van der Waals surface area contributed by atoms with Crippen LogP contribution in [0.1, 0.15) is 0 Å². The first-order valence-corrected chi connectivity index (χ1v) is 7.01. The van der Waals surface area contributed by atoms with Crippen molar-refractivity contribution in [2.24, 2.45) is 0 Å². The summed E-state index contributed by atoms with van der Waals surface area (Å²) in [6, 6.07) is 11.9. The van der Waals surface area contributed by atoms with E-state index in [0.29, 0.717) is 15.0 Å². The fourth-order valence-electron chi connectivity index (χ4n) is 1.95. The van der Waals surface area contributed by atoms with Crippen LogP contribution in [0.4, 0.5) is 13.2 Å². The number of aromatic nitrogens is 2. The Kier molecular flexibility index (Phi) is 3.52. The molecule has 0 aliphatic rings. The van der Waals surface area contributed by atoms with Gasteiger partial charge >= 0.3 is 6.36 Å². The predicted molar refractivity (Wildman–Crippen MR) is 80.9 cm³/mol. The van der Waals surface area contributed by atoms with Gasteiger partial charge in [-0.15, -0.1) is 13.2 Å². The first-order valence-electron chi connectivity index (χ1n) is 5.93. The fraction of sp³-hybridized carbons (Fsp3) is 0.0714. The van der Waals surface area contributed by atoms with Crippen LogP contribution >= 0.6 is 22.6 Å². The van der Waals surface area contributed by atoms with Crippen molar-refractivity contribution in [1.82, 2.24) is 9.97 Å². The number of nitrogens with one attached hydrogen (secondary N) is 1. The van der Waals surface area contributed by atoms with Crippen molar-refractivity contribution < 1.29 is 17.9 Å². The Labute approximate surface area is 131 Å². The van der Waals surface area contributed by atoms with E-state index in [1.165, 1.54) is 6.07 Å². The molecule has 0 saturated heterocycles. The Morgan fingerprint density at radius 1 is 1.10 bits per heavy atom. The summed E-state index contributed by atoms with van der Waals surface area (Å²) in [4.78, 5) is 7.54. The van der Waals surface area contributed by atoms with Crippen molar-refractivity contribution in [1.29, 1.82) is 0 Å². The van der Waals surface area contributed by atoms with Crippen LogP contribution < -0.4 is 4.74 Å². The van der Waals surface area contributed by atoms with Crippen molar-refractivity contribution in [3.63, 3.8) is 0 Å². The molecule has 0 spiro atoms. The number of benzene rings is 2. The third kappa shape index (κ3) is 3.12. The summed E-state index contributed by atoms with van der Waals surface area (Å²) in [5.41, 5.74) is 2.38. The molecule has 1 aromatic heterocycles. The highest BCUT2D eigenvalue weighted by Crippen LogP contribution is 2.31. The SMILES string of the molecule is FC(F)(F)Oc1ccc(-c2nc3ccccc3[nH]2)cc1I. The molecule has 0 aliphatic heterocycles. The van der Waals surface area contributed by atoms with Gasteiger partial charge in [0.05, 0.1) is 14.6 Å².